The van der Waals surface area contributed by atoms with Crippen LogP contribution in [0.4, 0.5) is 14.6 Å². The summed E-state index contributed by atoms with van der Waals surface area (Å²) in [5.74, 6) is 0.323. The summed E-state index contributed by atoms with van der Waals surface area (Å²) in [7, 11) is 1.56. The van der Waals surface area contributed by atoms with E-state index in [-0.39, 0.29) is 12.1 Å². The molecule has 8 heteroatoms. The summed E-state index contributed by atoms with van der Waals surface area (Å²) in [6.07, 6.45) is 2.52. The van der Waals surface area contributed by atoms with Crippen molar-refractivity contribution in [3.63, 3.8) is 0 Å². The van der Waals surface area contributed by atoms with Gasteiger partial charge in [-0.05, 0) is 37.1 Å². The maximum atomic E-state index is 14.5. The van der Waals surface area contributed by atoms with Crippen molar-refractivity contribution in [3.05, 3.63) is 65.4 Å². The topological polar surface area (TPSA) is 64.9 Å². The van der Waals surface area contributed by atoms with Crippen LogP contribution in [0.2, 0.25) is 0 Å². The summed E-state index contributed by atoms with van der Waals surface area (Å²) in [5, 5.41) is 8.65. The van der Waals surface area contributed by atoms with Gasteiger partial charge < -0.3 is 10.1 Å². The fraction of sp³-hybridized carbons (Fsp3) is 0.261. The Hall–Kier alpha value is -3.55. The Morgan fingerprint density at radius 1 is 1.13 bits per heavy atom. The molecule has 0 atom stereocenters. The Morgan fingerprint density at radius 3 is 2.58 bits per heavy atom. The van der Waals surface area contributed by atoms with E-state index < -0.39 is 11.6 Å². The van der Waals surface area contributed by atoms with Crippen molar-refractivity contribution in [3.8, 4) is 17.3 Å². The number of halogens is 2. The van der Waals surface area contributed by atoms with Gasteiger partial charge in [0.15, 0.2) is 17.4 Å². The molecule has 1 N–H and O–H groups in total. The highest BCUT2D eigenvalue weighted by molar-refractivity contribution is 5.91. The number of anilines is 1. The number of rotatable bonds is 7. The van der Waals surface area contributed by atoms with Crippen molar-refractivity contribution in [1.82, 2.24) is 19.7 Å². The minimum Gasteiger partial charge on any atom is -0.491 e. The van der Waals surface area contributed by atoms with E-state index in [1.807, 2.05) is 24.3 Å². The van der Waals surface area contributed by atoms with E-state index in [4.69, 9.17) is 4.74 Å². The maximum Gasteiger partial charge on any atom is 0.182 e. The molecule has 0 aliphatic carbocycles. The summed E-state index contributed by atoms with van der Waals surface area (Å²) in [4.78, 5) is 9.00. The molecule has 0 spiro atoms. The van der Waals surface area contributed by atoms with E-state index in [0.717, 1.165) is 23.9 Å². The zero-order valence-electron chi connectivity index (χ0n) is 17.6. The number of para-hydroxylation sites is 1. The second-order valence-corrected chi connectivity index (χ2v) is 7.27. The van der Waals surface area contributed by atoms with Crippen LogP contribution in [0.3, 0.4) is 0 Å². The normalized spacial score (nSPS) is 11.1. The van der Waals surface area contributed by atoms with Crippen LogP contribution in [0, 0.1) is 18.6 Å². The first-order chi connectivity index (χ1) is 15.0. The predicted molar refractivity (Wildman–Crippen MR) is 116 cm³/mol. The van der Waals surface area contributed by atoms with Gasteiger partial charge in [-0.3, -0.25) is 4.68 Å². The first-order valence-corrected chi connectivity index (χ1v) is 10.1. The lowest BCUT2D eigenvalue weighted by atomic mass is 10.1. The minimum absolute atomic E-state index is 0.0358. The largest absolute Gasteiger partial charge is 0.491 e. The Balaban J connectivity index is 1.81. The highest BCUT2D eigenvalue weighted by Crippen LogP contribution is 2.30. The zero-order chi connectivity index (χ0) is 22.0. The van der Waals surface area contributed by atoms with E-state index in [9.17, 15) is 8.78 Å². The van der Waals surface area contributed by atoms with Crippen molar-refractivity contribution in [1.29, 1.82) is 0 Å². The van der Waals surface area contributed by atoms with Gasteiger partial charge in [-0.15, -0.1) is 0 Å². The van der Waals surface area contributed by atoms with Crippen molar-refractivity contribution >= 4 is 16.7 Å². The lowest BCUT2D eigenvalue weighted by Crippen LogP contribution is -2.08. The molecule has 4 aromatic rings. The van der Waals surface area contributed by atoms with Crippen LogP contribution in [-0.4, -0.2) is 33.4 Å². The lowest BCUT2D eigenvalue weighted by Gasteiger charge is -2.10. The second kappa shape index (κ2) is 8.67. The molecule has 0 aliphatic heterocycles. The van der Waals surface area contributed by atoms with E-state index in [1.54, 1.807) is 24.9 Å². The maximum absolute atomic E-state index is 14.5. The van der Waals surface area contributed by atoms with E-state index in [0.29, 0.717) is 28.6 Å². The number of nitrogens with one attached hydrogen (secondary N) is 1. The van der Waals surface area contributed by atoms with Gasteiger partial charge >= 0.3 is 0 Å². The number of hydrogen-bond donors (Lipinski definition) is 1. The fourth-order valence-electron chi connectivity index (χ4n) is 3.45. The average Bonchev–Trinajstić information content (AvgIpc) is 3.13. The number of aromatic nitrogens is 4. The first-order valence-electron chi connectivity index (χ1n) is 10.1. The molecule has 0 radical (unpaired) electrons. The molecular weight excluding hydrogens is 400 g/mol. The van der Waals surface area contributed by atoms with Crippen LogP contribution in [-0.2, 0) is 6.54 Å². The van der Waals surface area contributed by atoms with Crippen LogP contribution in [0.1, 0.15) is 24.5 Å². The molecule has 2 heterocycles. The number of nitrogens with zero attached hydrogens (tertiary/aromatic N) is 4. The van der Waals surface area contributed by atoms with Crippen LogP contribution in [0.5, 0.6) is 5.75 Å². The number of benzene rings is 2. The molecule has 0 amide bonds. The molecule has 160 valence electrons. The summed E-state index contributed by atoms with van der Waals surface area (Å²) < 4.78 is 35.8. The third-order valence-electron chi connectivity index (χ3n) is 4.98. The van der Waals surface area contributed by atoms with Crippen molar-refractivity contribution in [2.75, 3.05) is 19.0 Å². The summed E-state index contributed by atoms with van der Waals surface area (Å²) >= 11 is 0. The molecular formula is C23H23F2N5O. The van der Waals surface area contributed by atoms with Gasteiger partial charge in [0.25, 0.3) is 0 Å². The third-order valence-corrected chi connectivity index (χ3v) is 4.98. The van der Waals surface area contributed by atoms with Gasteiger partial charge in [0.05, 0.1) is 25.4 Å². The van der Waals surface area contributed by atoms with Gasteiger partial charge in [0.2, 0.25) is 0 Å². The first kappa shape index (κ1) is 20.7. The zero-order valence-corrected chi connectivity index (χ0v) is 17.6. The highest BCUT2D eigenvalue weighted by atomic mass is 19.1. The monoisotopic (exact) mass is 423 g/mol. The smallest absolute Gasteiger partial charge is 0.182 e. The van der Waals surface area contributed by atoms with Crippen molar-refractivity contribution < 1.29 is 13.5 Å². The second-order valence-electron chi connectivity index (χ2n) is 7.27. The van der Waals surface area contributed by atoms with Crippen LogP contribution >= 0.6 is 0 Å². The van der Waals surface area contributed by atoms with Gasteiger partial charge in [-0.2, -0.15) is 5.10 Å². The van der Waals surface area contributed by atoms with Gasteiger partial charge in [-0.25, -0.2) is 18.7 Å². The van der Waals surface area contributed by atoms with Crippen LogP contribution in [0.15, 0.2) is 42.6 Å². The molecule has 6 nitrogen and oxygen atoms in total. The van der Waals surface area contributed by atoms with Crippen LogP contribution in [0.25, 0.3) is 22.4 Å². The highest BCUT2D eigenvalue weighted by Gasteiger charge is 2.19. The van der Waals surface area contributed by atoms with Crippen molar-refractivity contribution in [2.24, 2.45) is 0 Å². The van der Waals surface area contributed by atoms with Crippen molar-refractivity contribution in [2.45, 2.75) is 26.8 Å². The van der Waals surface area contributed by atoms with E-state index in [2.05, 4.69) is 27.3 Å². The number of aryl methyl sites for hydroxylation is 1. The lowest BCUT2D eigenvalue weighted by molar-refractivity contribution is 0.413. The van der Waals surface area contributed by atoms with Gasteiger partial charge in [-0.1, -0.05) is 25.1 Å². The summed E-state index contributed by atoms with van der Waals surface area (Å²) in [6.45, 7) is 4.39. The summed E-state index contributed by atoms with van der Waals surface area (Å²) in [5.41, 5.74) is 1.76. The van der Waals surface area contributed by atoms with Gasteiger partial charge in [0.1, 0.15) is 17.3 Å². The summed E-state index contributed by atoms with van der Waals surface area (Å²) in [6, 6.07) is 10.1. The van der Waals surface area contributed by atoms with E-state index in [1.165, 1.54) is 12.1 Å². The molecule has 0 aliphatic rings. The molecule has 0 unspecified atom stereocenters. The van der Waals surface area contributed by atoms with Gasteiger partial charge in [0, 0.05) is 17.5 Å². The minimum atomic E-state index is -0.592. The molecule has 0 bridgehead atoms. The number of fused-ring (bicyclic) bond motifs is 1. The Kier molecular flexibility index (Phi) is 5.79. The standard InChI is InChI=1S/C23H23F2N5O/c1-4-9-26-22-20(31-3)12-27-23(28-22)21-15-7-5-6-8-19(15)30(29-21)13-16-17(24)10-14(2)11-18(16)25/h5-8,10-12H,4,9,13H2,1-3H3,(H,26,27,28). The molecule has 2 aromatic carbocycles. The molecule has 31 heavy (non-hydrogen) atoms. The SMILES string of the molecule is CCCNc1nc(-c2nn(Cc3c(F)cc(C)cc3F)c3ccccc23)ncc1OC. The van der Waals surface area contributed by atoms with E-state index >= 15 is 0 Å². The fourth-order valence-corrected chi connectivity index (χ4v) is 3.45. The third kappa shape index (κ3) is 4.05. The number of hydrogen-bond acceptors (Lipinski definition) is 5. The molecule has 4 rings (SSSR count). The quantitative estimate of drug-likeness (QED) is 0.455. The Labute approximate surface area is 178 Å². The molecule has 0 saturated carbocycles. The predicted octanol–water partition coefficient (Wildman–Crippen LogP) is 4.96. The number of ether oxygens (including phenoxy) is 1. The average molecular weight is 423 g/mol. The molecule has 0 saturated heterocycles. The number of methoxy groups -OCH3 is 1. The Bertz CT molecular complexity index is 1220. The molecule has 2 aromatic heterocycles. The molecule has 0 fully saturated rings. The Morgan fingerprint density at radius 2 is 1.87 bits per heavy atom. The van der Waals surface area contributed by atoms with Crippen LogP contribution < -0.4 is 10.1 Å².